The van der Waals surface area contributed by atoms with E-state index in [2.05, 4.69) is 234 Å². The zero-order valence-corrected chi connectivity index (χ0v) is 39.3. The SMILES string of the molecule is Cc1ccc2c(c1-c1cc3c(cc1N(c1ccc4c(c1)C(C)(C)c1ccccc1-4)c1ccc4c(c1)C(C)(C)c1ccccc1-4)C(c1ccccc1)(c1ccccc1)c1ccccc1-3)CCCC2. The van der Waals surface area contributed by atoms with Crippen LogP contribution >= 0.6 is 0 Å². The van der Waals surface area contributed by atoms with Crippen molar-refractivity contribution in [1.82, 2.24) is 0 Å². The third-order valence-corrected chi connectivity index (χ3v) is 16.5. The lowest BCUT2D eigenvalue weighted by atomic mass is 9.67. The van der Waals surface area contributed by atoms with Crippen molar-refractivity contribution in [3.63, 3.8) is 0 Å². The smallest absolute Gasteiger partial charge is 0.0714 e. The number of rotatable bonds is 6. The Morgan fingerprint density at radius 1 is 0.373 bits per heavy atom. The van der Waals surface area contributed by atoms with Gasteiger partial charge in [-0.25, -0.2) is 0 Å². The summed E-state index contributed by atoms with van der Waals surface area (Å²) in [6.07, 6.45) is 4.67. The first-order valence-electron chi connectivity index (χ1n) is 24.5. The summed E-state index contributed by atoms with van der Waals surface area (Å²) in [6, 6.07) is 74.7. The first-order chi connectivity index (χ1) is 32.7. The van der Waals surface area contributed by atoms with Crippen molar-refractivity contribution < 1.29 is 0 Å². The van der Waals surface area contributed by atoms with Crippen molar-refractivity contribution in [3.05, 3.63) is 255 Å². The lowest BCUT2D eigenvalue weighted by Crippen LogP contribution is -2.29. The summed E-state index contributed by atoms with van der Waals surface area (Å²) in [5.74, 6) is 0. The van der Waals surface area contributed by atoms with Gasteiger partial charge in [0.2, 0.25) is 0 Å². The van der Waals surface area contributed by atoms with Gasteiger partial charge in [-0.05, 0) is 169 Å². The van der Waals surface area contributed by atoms with Crippen LogP contribution in [0.4, 0.5) is 17.1 Å². The molecule has 324 valence electrons. The predicted molar refractivity (Wildman–Crippen MR) is 280 cm³/mol. The molecule has 0 spiro atoms. The molecule has 0 N–H and O–H groups in total. The highest BCUT2D eigenvalue weighted by Gasteiger charge is 2.47. The van der Waals surface area contributed by atoms with Crippen LogP contribution in [0.2, 0.25) is 0 Å². The molecule has 13 rings (SSSR count). The molecule has 4 aliphatic carbocycles. The summed E-state index contributed by atoms with van der Waals surface area (Å²) in [4.78, 5) is 2.65. The van der Waals surface area contributed by atoms with E-state index in [4.69, 9.17) is 0 Å². The van der Waals surface area contributed by atoms with Crippen molar-refractivity contribution in [2.75, 3.05) is 4.90 Å². The molecule has 0 aliphatic heterocycles. The largest absolute Gasteiger partial charge is 0.310 e. The monoisotopic (exact) mass is 861 g/mol. The van der Waals surface area contributed by atoms with E-state index in [9.17, 15) is 0 Å². The van der Waals surface area contributed by atoms with Gasteiger partial charge in [-0.3, -0.25) is 0 Å². The van der Waals surface area contributed by atoms with Crippen molar-refractivity contribution in [2.45, 2.75) is 76.5 Å². The number of hydrogen-bond donors (Lipinski definition) is 0. The van der Waals surface area contributed by atoms with Crippen LogP contribution in [0.5, 0.6) is 0 Å². The highest BCUT2D eigenvalue weighted by Crippen LogP contribution is 2.60. The van der Waals surface area contributed by atoms with E-state index in [1.165, 1.54) is 136 Å². The van der Waals surface area contributed by atoms with Gasteiger partial charge in [-0.2, -0.15) is 0 Å². The number of anilines is 3. The lowest BCUT2D eigenvalue weighted by Gasteiger charge is -2.36. The molecule has 9 aromatic rings. The molecule has 0 amide bonds. The molecule has 0 bridgehead atoms. The molecule has 4 aliphatic rings. The minimum Gasteiger partial charge on any atom is -0.310 e. The van der Waals surface area contributed by atoms with Crippen LogP contribution < -0.4 is 4.90 Å². The molecule has 67 heavy (non-hydrogen) atoms. The minimum atomic E-state index is -0.554. The van der Waals surface area contributed by atoms with E-state index in [0.717, 1.165) is 12.8 Å². The van der Waals surface area contributed by atoms with Gasteiger partial charge in [0.1, 0.15) is 0 Å². The Labute approximate surface area is 396 Å². The molecule has 0 aromatic heterocycles. The number of hydrogen-bond acceptors (Lipinski definition) is 1. The minimum absolute atomic E-state index is 0.164. The molecule has 1 heteroatoms. The maximum atomic E-state index is 2.65. The van der Waals surface area contributed by atoms with Gasteiger partial charge in [-0.1, -0.05) is 185 Å². The van der Waals surface area contributed by atoms with Gasteiger partial charge in [-0.15, -0.1) is 0 Å². The van der Waals surface area contributed by atoms with E-state index in [-0.39, 0.29) is 10.8 Å². The lowest BCUT2D eigenvalue weighted by molar-refractivity contribution is 0.660. The summed E-state index contributed by atoms with van der Waals surface area (Å²) in [5, 5.41) is 0. The van der Waals surface area contributed by atoms with Gasteiger partial charge >= 0.3 is 0 Å². The number of nitrogens with zero attached hydrogens (tertiary/aromatic N) is 1. The molecular weight excluding hydrogens is 807 g/mol. The van der Waals surface area contributed by atoms with Crippen molar-refractivity contribution in [1.29, 1.82) is 0 Å². The predicted octanol–water partition coefficient (Wildman–Crippen LogP) is 17.0. The van der Waals surface area contributed by atoms with Crippen LogP contribution in [0.15, 0.2) is 194 Å². The van der Waals surface area contributed by atoms with Gasteiger partial charge in [0.25, 0.3) is 0 Å². The fraction of sp³-hybridized carbons (Fsp3) is 0.182. The molecule has 0 saturated heterocycles. The number of fused-ring (bicyclic) bond motifs is 10. The third kappa shape index (κ3) is 5.61. The molecular formula is C66H55N. The van der Waals surface area contributed by atoms with E-state index in [0.29, 0.717) is 0 Å². The standard InChI is InChI=1S/C66H55N/c1-42-32-33-43-20-12-13-25-48(43)63(42)55-40-54-51-28-16-19-31-58(51)66(44-21-8-6-9-22-44,45-23-10-7-11-24-45)61(54)41-62(55)67(46-34-36-52-49-26-14-17-29-56(49)64(2,3)59(52)38-46)47-35-37-53-50-27-15-18-30-57(50)65(4,5)60(53)39-47/h6-11,14-19,21-24,26-41H,12-13,20,25H2,1-5H3. The number of benzene rings is 9. The van der Waals surface area contributed by atoms with Crippen LogP contribution in [0, 0.1) is 6.92 Å². The van der Waals surface area contributed by atoms with Gasteiger partial charge in [0.15, 0.2) is 0 Å². The van der Waals surface area contributed by atoms with Crippen LogP contribution in [-0.2, 0) is 29.1 Å². The molecule has 0 unspecified atom stereocenters. The van der Waals surface area contributed by atoms with Gasteiger partial charge in [0.05, 0.1) is 11.1 Å². The van der Waals surface area contributed by atoms with Gasteiger partial charge in [0, 0.05) is 27.8 Å². The Hall–Kier alpha value is -7.22. The second-order valence-electron chi connectivity index (χ2n) is 20.7. The Kier molecular flexibility index (Phi) is 8.76. The van der Waals surface area contributed by atoms with Gasteiger partial charge < -0.3 is 4.90 Å². The molecule has 0 atom stereocenters. The zero-order valence-electron chi connectivity index (χ0n) is 39.3. The number of aryl methyl sites for hydroxylation is 2. The first-order valence-corrected chi connectivity index (χ1v) is 24.5. The van der Waals surface area contributed by atoms with Crippen LogP contribution in [0.3, 0.4) is 0 Å². The van der Waals surface area contributed by atoms with Crippen molar-refractivity contribution in [2.24, 2.45) is 0 Å². The molecule has 0 radical (unpaired) electrons. The zero-order chi connectivity index (χ0) is 45.2. The Morgan fingerprint density at radius 2 is 0.851 bits per heavy atom. The topological polar surface area (TPSA) is 3.24 Å². The summed E-state index contributed by atoms with van der Waals surface area (Å²) >= 11 is 0. The highest BCUT2D eigenvalue weighted by molar-refractivity contribution is 5.99. The summed E-state index contributed by atoms with van der Waals surface area (Å²) in [5.41, 5.74) is 28.4. The van der Waals surface area contributed by atoms with E-state index >= 15 is 0 Å². The molecule has 0 fully saturated rings. The van der Waals surface area contributed by atoms with Crippen LogP contribution in [0.1, 0.15) is 102 Å². The van der Waals surface area contributed by atoms with Crippen molar-refractivity contribution >= 4 is 17.1 Å². The summed E-state index contributed by atoms with van der Waals surface area (Å²) in [7, 11) is 0. The first kappa shape index (κ1) is 40.1. The van der Waals surface area contributed by atoms with E-state index in [1.807, 2.05) is 0 Å². The van der Waals surface area contributed by atoms with Crippen molar-refractivity contribution in [3.8, 4) is 44.5 Å². The van der Waals surface area contributed by atoms with Crippen LogP contribution in [-0.4, -0.2) is 0 Å². The summed E-state index contributed by atoms with van der Waals surface area (Å²) < 4.78 is 0. The summed E-state index contributed by atoms with van der Waals surface area (Å²) in [6.45, 7) is 12.0. The van der Waals surface area contributed by atoms with E-state index < -0.39 is 5.41 Å². The Balaban J connectivity index is 1.17. The fourth-order valence-corrected chi connectivity index (χ4v) is 13.3. The normalized spacial score (nSPS) is 16.0. The maximum Gasteiger partial charge on any atom is 0.0714 e. The van der Waals surface area contributed by atoms with Crippen LogP contribution in [0.25, 0.3) is 44.5 Å². The average Bonchev–Trinajstić information content (AvgIpc) is 3.88. The molecule has 0 saturated carbocycles. The Bertz CT molecular complexity index is 3330. The third-order valence-electron chi connectivity index (χ3n) is 16.5. The second kappa shape index (κ2) is 14.6. The molecule has 9 aromatic carbocycles. The quantitative estimate of drug-likeness (QED) is 0.161. The maximum absolute atomic E-state index is 2.65. The second-order valence-corrected chi connectivity index (χ2v) is 20.7. The molecule has 1 nitrogen and oxygen atoms in total. The molecule has 0 heterocycles. The fourth-order valence-electron chi connectivity index (χ4n) is 13.3. The van der Waals surface area contributed by atoms with E-state index in [1.54, 1.807) is 0 Å². The highest BCUT2D eigenvalue weighted by atomic mass is 15.1. The Morgan fingerprint density at radius 3 is 1.42 bits per heavy atom. The average molecular weight is 862 g/mol.